The molecule has 3 amide bonds. The van der Waals surface area contributed by atoms with Crippen LogP contribution < -0.4 is 16.4 Å². The number of hydrogen-bond acceptors (Lipinski definition) is 4. The SMILES string of the molecule is COC1CCCC1NC(=O)NC(CCC(N)=O)C(=O)O. The van der Waals surface area contributed by atoms with Gasteiger partial charge in [0.05, 0.1) is 12.1 Å². The summed E-state index contributed by atoms with van der Waals surface area (Å²) in [5.74, 6) is -1.80. The first-order valence-electron chi connectivity index (χ1n) is 6.55. The number of rotatable bonds is 7. The molecule has 0 heterocycles. The van der Waals surface area contributed by atoms with Crippen LogP contribution in [0.3, 0.4) is 0 Å². The van der Waals surface area contributed by atoms with Crippen LogP contribution in [-0.4, -0.2) is 48.3 Å². The summed E-state index contributed by atoms with van der Waals surface area (Å²) in [6.07, 6.45) is 2.44. The van der Waals surface area contributed by atoms with Crippen molar-refractivity contribution < 1.29 is 24.2 Å². The predicted octanol–water partition coefficient (Wildman–Crippen LogP) is -0.428. The Morgan fingerprint density at radius 3 is 2.65 bits per heavy atom. The van der Waals surface area contributed by atoms with E-state index in [0.29, 0.717) is 0 Å². The fourth-order valence-electron chi connectivity index (χ4n) is 2.29. The van der Waals surface area contributed by atoms with Crippen molar-refractivity contribution in [3.8, 4) is 0 Å². The molecular weight excluding hydrogens is 266 g/mol. The first-order valence-corrected chi connectivity index (χ1v) is 6.55. The summed E-state index contributed by atoms with van der Waals surface area (Å²) in [5, 5.41) is 14.0. The average molecular weight is 287 g/mol. The van der Waals surface area contributed by atoms with E-state index >= 15 is 0 Å². The van der Waals surface area contributed by atoms with E-state index in [2.05, 4.69) is 10.6 Å². The zero-order valence-corrected chi connectivity index (χ0v) is 11.4. The van der Waals surface area contributed by atoms with Crippen LogP contribution >= 0.6 is 0 Å². The highest BCUT2D eigenvalue weighted by atomic mass is 16.5. The number of urea groups is 1. The smallest absolute Gasteiger partial charge is 0.326 e. The number of methoxy groups -OCH3 is 1. The summed E-state index contributed by atoms with van der Waals surface area (Å²) >= 11 is 0. The number of carboxylic acids is 1. The Morgan fingerprint density at radius 1 is 1.40 bits per heavy atom. The second kappa shape index (κ2) is 7.68. The van der Waals surface area contributed by atoms with E-state index in [0.717, 1.165) is 19.3 Å². The fraction of sp³-hybridized carbons (Fsp3) is 0.750. The summed E-state index contributed by atoms with van der Waals surface area (Å²) in [7, 11) is 1.58. The lowest BCUT2D eigenvalue weighted by molar-refractivity contribution is -0.139. The number of primary amides is 1. The Hall–Kier alpha value is -1.83. The zero-order chi connectivity index (χ0) is 15.1. The summed E-state index contributed by atoms with van der Waals surface area (Å²) in [4.78, 5) is 33.4. The maximum atomic E-state index is 11.8. The fourth-order valence-corrected chi connectivity index (χ4v) is 2.29. The van der Waals surface area contributed by atoms with Gasteiger partial charge in [-0.25, -0.2) is 9.59 Å². The third kappa shape index (κ3) is 5.04. The highest BCUT2D eigenvalue weighted by Gasteiger charge is 2.29. The zero-order valence-electron chi connectivity index (χ0n) is 11.4. The predicted molar refractivity (Wildman–Crippen MR) is 70.0 cm³/mol. The molecule has 0 saturated heterocycles. The third-order valence-corrected chi connectivity index (χ3v) is 3.35. The van der Waals surface area contributed by atoms with Crippen LogP contribution in [0.25, 0.3) is 0 Å². The molecule has 0 aliphatic heterocycles. The minimum atomic E-state index is -1.20. The number of hydrogen-bond donors (Lipinski definition) is 4. The number of amides is 3. The molecule has 0 aromatic heterocycles. The number of carbonyl (C=O) groups excluding carboxylic acids is 2. The minimum absolute atomic E-state index is 0.0313. The molecule has 20 heavy (non-hydrogen) atoms. The number of nitrogens with one attached hydrogen (secondary N) is 2. The van der Waals surface area contributed by atoms with E-state index in [1.54, 1.807) is 7.11 Å². The van der Waals surface area contributed by atoms with E-state index in [1.165, 1.54) is 0 Å². The molecule has 8 heteroatoms. The maximum Gasteiger partial charge on any atom is 0.326 e. The number of nitrogens with two attached hydrogens (primary N) is 1. The molecular formula is C12H21N3O5. The lowest BCUT2D eigenvalue weighted by atomic mass is 10.1. The highest BCUT2D eigenvalue weighted by Crippen LogP contribution is 2.21. The second-order valence-electron chi connectivity index (χ2n) is 4.83. The molecule has 5 N–H and O–H groups in total. The average Bonchev–Trinajstić information content (AvgIpc) is 2.80. The van der Waals surface area contributed by atoms with Crippen LogP contribution in [0.15, 0.2) is 0 Å². The van der Waals surface area contributed by atoms with Gasteiger partial charge in [-0.05, 0) is 25.7 Å². The molecule has 0 radical (unpaired) electrons. The summed E-state index contributed by atoms with van der Waals surface area (Å²) in [6.45, 7) is 0. The monoisotopic (exact) mass is 287 g/mol. The van der Waals surface area contributed by atoms with Gasteiger partial charge in [0, 0.05) is 13.5 Å². The van der Waals surface area contributed by atoms with Gasteiger partial charge in [0.25, 0.3) is 0 Å². The van der Waals surface area contributed by atoms with Crippen molar-refractivity contribution in [3.63, 3.8) is 0 Å². The lowest BCUT2D eigenvalue weighted by Crippen LogP contribution is -2.51. The third-order valence-electron chi connectivity index (χ3n) is 3.35. The van der Waals surface area contributed by atoms with Gasteiger partial charge in [-0.2, -0.15) is 0 Å². The molecule has 1 saturated carbocycles. The van der Waals surface area contributed by atoms with Gasteiger partial charge in [-0.1, -0.05) is 0 Å². The standard InChI is InChI=1S/C12H21N3O5/c1-20-9-4-2-3-7(9)14-12(19)15-8(11(17)18)5-6-10(13)16/h7-9H,2-6H2,1H3,(H2,13,16)(H,17,18)(H2,14,15,19). The molecule has 3 atom stereocenters. The molecule has 1 aliphatic rings. The van der Waals surface area contributed by atoms with Crippen LogP contribution in [0.2, 0.25) is 0 Å². The van der Waals surface area contributed by atoms with E-state index in [4.69, 9.17) is 15.6 Å². The molecule has 0 spiro atoms. The van der Waals surface area contributed by atoms with Gasteiger partial charge >= 0.3 is 12.0 Å². The highest BCUT2D eigenvalue weighted by molar-refractivity contribution is 5.83. The minimum Gasteiger partial charge on any atom is -0.480 e. The molecule has 0 aromatic carbocycles. The Balaban J connectivity index is 2.45. The van der Waals surface area contributed by atoms with Gasteiger partial charge in [-0.3, -0.25) is 4.79 Å². The summed E-state index contributed by atoms with van der Waals surface area (Å²) in [6, 6.07) is -1.83. The van der Waals surface area contributed by atoms with Crippen molar-refractivity contribution in [3.05, 3.63) is 0 Å². The van der Waals surface area contributed by atoms with E-state index in [9.17, 15) is 14.4 Å². The molecule has 1 fully saturated rings. The Morgan fingerprint density at radius 2 is 2.10 bits per heavy atom. The van der Waals surface area contributed by atoms with Crippen molar-refractivity contribution in [1.82, 2.24) is 10.6 Å². The maximum absolute atomic E-state index is 11.8. The molecule has 0 aromatic rings. The molecule has 114 valence electrons. The second-order valence-corrected chi connectivity index (χ2v) is 4.83. The van der Waals surface area contributed by atoms with Crippen molar-refractivity contribution in [2.24, 2.45) is 5.73 Å². The Kier molecular flexibility index (Phi) is 6.23. The number of carboxylic acid groups (broad SMARTS) is 1. The van der Waals surface area contributed by atoms with Crippen molar-refractivity contribution in [1.29, 1.82) is 0 Å². The summed E-state index contributed by atoms with van der Waals surface area (Å²) < 4.78 is 5.24. The molecule has 3 unspecified atom stereocenters. The van der Waals surface area contributed by atoms with Gasteiger partial charge in [0.1, 0.15) is 6.04 Å². The van der Waals surface area contributed by atoms with Crippen LogP contribution in [0.1, 0.15) is 32.1 Å². The molecule has 0 bridgehead atoms. The number of ether oxygens (including phenoxy) is 1. The topological polar surface area (TPSA) is 131 Å². The van der Waals surface area contributed by atoms with Gasteiger partial charge in [-0.15, -0.1) is 0 Å². The molecule has 1 rings (SSSR count). The first kappa shape index (κ1) is 16.2. The van der Waals surface area contributed by atoms with Gasteiger partial charge < -0.3 is 26.2 Å². The Labute approximate surface area is 117 Å². The largest absolute Gasteiger partial charge is 0.480 e. The van der Waals surface area contributed by atoms with Crippen LogP contribution in [0.5, 0.6) is 0 Å². The van der Waals surface area contributed by atoms with Crippen LogP contribution in [-0.2, 0) is 14.3 Å². The molecule has 1 aliphatic carbocycles. The van der Waals surface area contributed by atoms with E-state index < -0.39 is 23.9 Å². The number of carbonyl (C=O) groups is 3. The number of aliphatic carboxylic acids is 1. The van der Waals surface area contributed by atoms with E-state index in [-0.39, 0.29) is 25.0 Å². The van der Waals surface area contributed by atoms with Crippen molar-refractivity contribution >= 4 is 17.9 Å². The summed E-state index contributed by atoms with van der Waals surface area (Å²) in [5.41, 5.74) is 4.96. The normalized spacial score (nSPS) is 23.1. The van der Waals surface area contributed by atoms with Gasteiger partial charge in [0.2, 0.25) is 5.91 Å². The van der Waals surface area contributed by atoms with E-state index in [1.807, 2.05) is 0 Å². The lowest BCUT2D eigenvalue weighted by Gasteiger charge is -2.21. The van der Waals surface area contributed by atoms with Crippen LogP contribution in [0.4, 0.5) is 4.79 Å². The molecule has 8 nitrogen and oxygen atoms in total. The van der Waals surface area contributed by atoms with Gasteiger partial charge in [0.15, 0.2) is 0 Å². The van der Waals surface area contributed by atoms with Crippen molar-refractivity contribution in [2.45, 2.75) is 50.3 Å². The first-order chi connectivity index (χ1) is 9.43. The Bertz CT molecular complexity index is 374. The quantitative estimate of drug-likeness (QED) is 0.504. The van der Waals surface area contributed by atoms with Crippen LogP contribution in [0, 0.1) is 0 Å². The van der Waals surface area contributed by atoms with Crippen molar-refractivity contribution in [2.75, 3.05) is 7.11 Å².